The number of halogens is 1. The van der Waals surface area contributed by atoms with Gasteiger partial charge in [-0.25, -0.2) is 14.6 Å². The van der Waals surface area contributed by atoms with Crippen LogP contribution in [0.2, 0.25) is 5.02 Å². The molecule has 1 aliphatic rings. The first-order valence-corrected chi connectivity index (χ1v) is 17.3. The zero-order valence-electron chi connectivity index (χ0n) is 26.5. The Balaban J connectivity index is 1.42. The van der Waals surface area contributed by atoms with Gasteiger partial charge in [0.25, 0.3) is 0 Å². The molecule has 2 aromatic heterocycles. The normalized spacial score (nSPS) is 19.6. The van der Waals surface area contributed by atoms with Crippen molar-refractivity contribution in [2.75, 3.05) is 77.3 Å². The number of fused-ring (bicyclic) bond motifs is 1. The van der Waals surface area contributed by atoms with Gasteiger partial charge in [-0.05, 0) is 18.6 Å². The lowest BCUT2D eigenvalue weighted by Crippen LogP contribution is -2.34. The summed E-state index contributed by atoms with van der Waals surface area (Å²) in [6.45, 7) is 5.21. The lowest BCUT2D eigenvalue weighted by molar-refractivity contribution is -0.0658. The highest BCUT2D eigenvalue weighted by molar-refractivity contribution is 7.51. The largest absolute Gasteiger partial charge is 0.387 e. The lowest BCUT2D eigenvalue weighted by atomic mass is 10.1. The minimum Gasteiger partial charge on any atom is -0.387 e. The van der Waals surface area contributed by atoms with E-state index in [0.717, 1.165) is 5.56 Å². The Labute approximate surface area is 283 Å². The molecule has 264 valence electrons. The van der Waals surface area contributed by atoms with Gasteiger partial charge in [-0.15, -0.1) is 6.42 Å². The van der Waals surface area contributed by atoms with E-state index in [0.29, 0.717) is 87.0 Å². The summed E-state index contributed by atoms with van der Waals surface area (Å²) in [4.78, 5) is 29.4. The third-order valence-corrected chi connectivity index (χ3v) is 7.98. The second kappa shape index (κ2) is 18.9. The van der Waals surface area contributed by atoms with Crippen LogP contribution in [-0.2, 0) is 39.5 Å². The summed E-state index contributed by atoms with van der Waals surface area (Å²) in [5.74, 6) is 3.35. The summed E-state index contributed by atoms with van der Waals surface area (Å²) >= 11 is 6.52. The maximum absolute atomic E-state index is 11.1. The zero-order chi connectivity index (χ0) is 34.5. The summed E-state index contributed by atoms with van der Waals surface area (Å²) in [5, 5.41) is 27.0. The van der Waals surface area contributed by atoms with Gasteiger partial charge in [0.2, 0.25) is 0 Å². The van der Waals surface area contributed by atoms with Gasteiger partial charge in [0.05, 0.1) is 64.4 Å². The van der Waals surface area contributed by atoms with Crippen LogP contribution < -0.4 is 4.90 Å². The van der Waals surface area contributed by atoms with E-state index in [-0.39, 0.29) is 13.2 Å². The van der Waals surface area contributed by atoms with Crippen LogP contribution >= 0.6 is 19.2 Å². The average Bonchev–Trinajstić information content (AvgIpc) is 3.58. The third kappa shape index (κ3) is 11.1. The Morgan fingerprint density at radius 3 is 2.33 bits per heavy atom. The summed E-state index contributed by atoms with van der Waals surface area (Å²) < 4.78 is 45.3. The number of aliphatic hydroxyl groups is 2. The van der Waals surface area contributed by atoms with Crippen molar-refractivity contribution in [1.82, 2.24) is 19.7 Å². The number of nitrogens with zero attached hydrogens (tertiary/aromatic N) is 5. The lowest BCUT2D eigenvalue weighted by Gasteiger charge is -2.25. The predicted octanol–water partition coefficient (Wildman–Crippen LogP) is 1.27. The standard InChI is InChI=1S/C30H41ClN5O11P/c1-3-9-42-11-13-44-15-16-45-14-12-43-10-8-35(18-22-6-4-5-7-24(22)31)28-23-17-32-36(29(23)34-21(2)33-28)30-27(38)26(37)25(47-30)19-46-20-48(39,40)41/h1,4-7,17,25-27,30,37-38H,8-16,18-20H2,2H3,(H2,39,40,41)/t25-,26-,27-,30-/m1/s1. The first-order chi connectivity index (χ1) is 23.1. The minimum absolute atomic E-state index is 0.257. The Bertz CT molecular complexity index is 1540. The molecule has 1 fully saturated rings. The van der Waals surface area contributed by atoms with E-state index in [4.69, 9.17) is 61.2 Å². The molecular weight excluding hydrogens is 673 g/mol. The fourth-order valence-electron chi connectivity index (χ4n) is 4.86. The van der Waals surface area contributed by atoms with Crippen LogP contribution in [0, 0.1) is 19.3 Å². The Morgan fingerprint density at radius 2 is 1.67 bits per heavy atom. The van der Waals surface area contributed by atoms with Crippen LogP contribution in [0.25, 0.3) is 11.0 Å². The van der Waals surface area contributed by atoms with E-state index in [1.165, 1.54) is 4.68 Å². The van der Waals surface area contributed by atoms with Crippen LogP contribution in [0.5, 0.6) is 0 Å². The van der Waals surface area contributed by atoms with Crippen molar-refractivity contribution < 1.29 is 53.0 Å². The Kier molecular flexibility index (Phi) is 15.0. The molecule has 3 heterocycles. The molecule has 18 heteroatoms. The van der Waals surface area contributed by atoms with Crippen LogP contribution in [0.15, 0.2) is 30.5 Å². The minimum atomic E-state index is -4.42. The number of aryl methyl sites for hydroxylation is 1. The van der Waals surface area contributed by atoms with Crippen molar-refractivity contribution in [3.05, 3.63) is 46.9 Å². The van der Waals surface area contributed by atoms with Gasteiger partial charge >= 0.3 is 7.60 Å². The van der Waals surface area contributed by atoms with Crippen molar-refractivity contribution in [3.8, 4) is 12.3 Å². The molecule has 0 radical (unpaired) electrons. The predicted molar refractivity (Wildman–Crippen MR) is 173 cm³/mol. The second-order valence-electron chi connectivity index (χ2n) is 10.7. The van der Waals surface area contributed by atoms with E-state index in [1.54, 1.807) is 19.2 Å². The Hall–Kier alpha value is -2.75. The number of anilines is 1. The van der Waals surface area contributed by atoms with Gasteiger partial charge in [0.15, 0.2) is 11.9 Å². The molecule has 0 saturated carbocycles. The quantitative estimate of drug-likeness (QED) is 0.0698. The number of hydrogen-bond donors (Lipinski definition) is 4. The number of aromatic nitrogens is 4. The maximum Gasteiger partial charge on any atom is 0.350 e. The van der Waals surface area contributed by atoms with E-state index in [9.17, 15) is 14.8 Å². The molecule has 0 spiro atoms. The highest BCUT2D eigenvalue weighted by Gasteiger charge is 2.45. The number of terminal acetylenes is 1. The smallest absolute Gasteiger partial charge is 0.350 e. The van der Waals surface area contributed by atoms with E-state index < -0.39 is 38.5 Å². The Morgan fingerprint density at radius 1 is 1.00 bits per heavy atom. The van der Waals surface area contributed by atoms with Gasteiger partial charge in [-0.3, -0.25) is 4.57 Å². The summed E-state index contributed by atoms with van der Waals surface area (Å²) in [5.41, 5.74) is 1.20. The molecule has 4 rings (SSSR count). The summed E-state index contributed by atoms with van der Waals surface area (Å²) in [6, 6.07) is 7.46. The fraction of sp³-hybridized carbons (Fsp3) is 0.567. The number of ether oxygens (including phenoxy) is 6. The number of rotatable bonds is 21. The number of benzene rings is 1. The van der Waals surface area contributed by atoms with Crippen LogP contribution in [0.1, 0.15) is 17.6 Å². The molecule has 0 amide bonds. The summed E-state index contributed by atoms with van der Waals surface area (Å²) in [7, 11) is -4.42. The van der Waals surface area contributed by atoms with Crippen molar-refractivity contribution in [2.24, 2.45) is 0 Å². The van der Waals surface area contributed by atoms with Gasteiger partial charge in [-0.1, -0.05) is 35.7 Å². The second-order valence-corrected chi connectivity index (χ2v) is 12.7. The highest BCUT2D eigenvalue weighted by atomic mass is 35.5. The van der Waals surface area contributed by atoms with Gasteiger partial charge in [-0.2, -0.15) is 5.10 Å². The van der Waals surface area contributed by atoms with Crippen molar-refractivity contribution in [1.29, 1.82) is 0 Å². The average molecular weight is 714 g/mol. The van der Waals surface area contributed by atoms with Crippen molar-refractivity contribution >= 4 is 36.0 Å². The molecular formula is C30H41ClN5O11P. The molecule has 0 unspecified atom stereocenters. The fourth-order valence-corrected chi connectivity index (χ4v) is 5.40. The molecule has 0 bridgehead atoms. The molecule has 1 saturated heterocycles. The monoisotopic (exact) mass is 713 g/mol. The van der Waals surface area contributed by atoms with Crippen LogP contribution in [-0.4, -0.2) is 130 Å². The van der Waals surface area contributed by atoms with Gasteiger partial charge in [0, 0.05) is 18.1 Å². The molecule has 1 aliphatic heterocycles. The molecule has 16 nitrogen and oxygen atoms in total. The first kappa shape index (κ1) is 38.1. The topological polar surface area (TPSA) is 200 Å². The van der Waals surface area contributed by atoms with E-state index in [1.807, 2.05) is 23.1 Å². The van der Waals surface area contributed by atoms with Crippen LogP contribution in [0.4, 0.5) is 5.82 Å². The number of aliphatic hydroxyl groups excluding tert-OH is 2. The van der Waals surface area contributed by atoms with E-state index in [2.05, 4.69) is 16.0 Å². The maximum atomic E-state index is 11.1. The van der Waals surface area contributed by atoms with Crippen molar-refractivity contribution in [3.63, 3.8) is 0 Å². The summed E-state index contributed by atoms with van der Waals surface area (Å²) in [6.07, 6.45) is 0.765. The molecule has 4 N–H and O–H groups in total. The first-order valence-electron chi connectivity index (χ1n) is 15.2. The SMILES string of the molecule is C#CCOCCOCCOCCOCCN(Cc1ccccc1Cl)c1nc(C)nc2c1cnn2[C@@H]1O[C@H](COCP(=O)(O)O)[C@@H](O)[C@H]1O. The highest BCUT2D eigenvalue weighted by Crippen LogP contribution is 2.36. The van der Waals surface area contributed by atoms with Crippen LogP contribution in [0.3, 0.4) is 0 Å². The molecule has 4 atom stereocenters. The third-order valence-electron chi connectivity index (χ3n) is 7.09. The molecule has 1 aromatic carbocycles. The zero-order valence-corrected chi connectivity index (χ0v) is 28.1. The van der Waals surface area contributed by atoms with Crippen molar-refractivity contribution in [2.45, 2.75) is 38.0 Å². The van der Waals surface area contributed by atoms with Gasteiger partial charge in [0.1, 0.15) is 42.9 Å². The molecule has 0 aliphatic carbocycles. The molecule has 3 aromatic rings. The molecule has 48 heavy (non-hydrogen) atoms. The van der Waals surface area contributed by atoms with E-state index >= 15 is 0 Å². The van der Waals surface area contributed by atoms with Gasteiger partial charge < -0.3 is 53.3 Å². The number of hydrogen-bond acceptors (Lipinski definition) is 13.